The van der Waals surface area contributed by atoms with Crippen LogP contribution in [0.5, 0.6) is 0 Å². The van der Waals surface area contributed by atoms with E-state index in [-0.39, 0.29) is 58.6 Å². The van der Waals surface area contributed by atoms with Gasteiger partial charge in [0.25, 0.3) is 0 Å². The van der Waals surface area contributed by atoms with E-state index in [4.69, 9.17) is 4.43 Å². The summed E-state index contributed by atoms with van der Waals surface area (Å²) in [6.07, 6.45) is 2.54. The fourth-order valence-electron chi connectivity index (χ4n) is 6.01. The maximum Gasteiger partial charge on any atom is 0.238 e. The van der Waals surface area contributed by atoms with Gasteiger partial charge in [-0.25, -0.2) is 0 Å². The maximum absolute atomic E-state index is 13.5. The molecule has 0 radical (unpaired) electrons. The molecule has 0 unspecified atom stereocenters. The number of fused-ring (bicyclic) bond motifs is 5. The topological polar surface area (TPSA) is 66.9 Å². The quantitative estimate of drug-likeness (QED) is 0.291. The summed E-state index contributed by atoms with van der Waals surface area (Å²) < 4.78 is 6.60. The minimum absolute atomic E-state index is 0.00287. The van der Waals surface area contributed by atoms with Crippen LogP contribution in [0.2, 0.25) is 18.1 Å². The molecule has 6 atom stereocenters. The number of nitrogens with zero attached hydrogens (tertiary/aromatic N) is 2. The fraction of sp³-hybridized carbons (Fsp3) is 0.577. The van der Waals surface area contributed by atoms with E-state index in [1.807, 2.05) is 42.2 Å². The first-order valence-electron chi connectivity index (χ1n) is 12.0. The third kappa shape index (κ3) is 3.19. The lowest BCUT2D eigenvalue weighted by molar-refractivity contribution is -0.157. The van der Waals surface area contributed by atoms with Gasteiger partial charge in [0.2, 0.25) is 17.7 Å². The highest BCUT2D eigenvalue weighted by Crippen LogP contribution is 2.53. The molecule has 3 aliphatic heterocycles. The summed E-state index contributed by atoms with van der Waals surface area (Å²) in [6.45, 7) is 13.6. The van der Waals surface area contributed by atoms with Gasteiger partial charge in [-0.1, -0.05) is 45.0 Å². The molecule has 0 N–H and O–H groups in total. The van der Waals surface area contributed by atoms with E-state index in [9.17, 15) is 14.4 Å². The number of β-lactam (4-membered cyclic amide) rings is 1. The first kappa shape index (κ1) is 22.5. The molecule has 3 heterocycles. The van der Waals surface area contributed by atoms with Gasteiger partial charge in [-0.05, 0) is 49.2 Å². The Balaban J connectivity index is 1.39. The van der Waals surface area contributed by atoms with Crippen molar-refractivity contribution in [3.8, 4) is 0 Å². The molecule has 33 heavy (non-hydrogen) atoms. The first-order chi connectivity index (χ1) is 15.4. The highest BCUT2D eigenvalue weighted by Gasteiger charge is 2.64. The number of hydrogen-bond acceptors (Lipinski definition) is 4. The Morgan fingerprint density at radius 3 is 2.30 bits per heavy atom. The molecule has 0 aromatic heterocycles. The smallest absolute Gasteiger partial charge is 0.238 e. The highest BCUT2D eigenvalue weighted by molar-refractivity contribution is 6.74. The summed E-state index contributed by atoms with van der Waals surface area (Å²) in [6, 6.07) is 9.18. The Morgan fingerprint density at radius 2 is 1.67 bits per heavy atom. The lowest BCUT2D eigenvalue weighted by Gasteiger charge is -2.48. The van der Waals surface area contributed by atoms with E-state index in [0.29, 0.717) is 18.7 Å². The van der Waals surface area contributed by atoms with Crippen molar-refractivity contribution < 1.29 is 18.8 Å². The Labute approximate surface area is 197 Å². The van der Waals surface area contributed by atoms with Gasteiger partial charge < -0.3 is 9.33 Å². The summed E-state index contributed by atoms with van der Waals surface area (Å²) in [7, 11) is -2.01. The van der Waals surface area contributed by atoms with Crippen LogP contribution in [0.25, 0.3) is 0 Å². The maximum atomic E-state index is 13.5. The molecule has 3 amide bonds. The number of imide groups is 1. The van der Waals surface area contributed by atoms with Gasteiger partial charge in [0, 0.05) is 12.5 Å². The lowest BCUT2D eigenvalue weighted by atomic mass is 9.70. The molecule has 0 bridgehead atoms. The van der Waals surface area contributed by atoms with Crippen molar-refractivity contribution in [3.05, 3.63) is 42.0 Å². The monoisotopic (exact) mass is 466 g/mol. The van der Waals surface area contributed by atoms with Crippen LogP contribution in [0.1, 0.15) is 34.1 Å². The van der Waals surface area contributed by atoms with Crippen LogP contribution in [0, 0.1) is 23.7 Å². The number of rotatable bonds is 4. The van der Waals surface area contributed by atoms with Crippen LogP contribution < -0.4 is 4.90 Å². The molecule has 6 nitrogen and oxygen atoms in total. The number of anilines is 1. The molecule has 3 saturated heterocycles. The van der Waals surface area contributed by atoms with Crippen LogP contribution in [0.15, 0.2) is 42.0 Å². The number of amides is 3. The van der Waals surface area contributed by atoms with E-state index in [1.54, 1.807) is 0 Å². The summed E-state index contributed by atoms with van der Waals surface area (Å²) in [5.74, 6) is -1.11. The fourth-order valence-corrected chi connectivity index (χ4v) is 7.44. The molecule has 3 fully saturated rings. The van der Waals surface area contributed by atoms with Gasteiger partial charge >= 0.3 is 0 Å². The second-order valence-electron chi connectivity index (χ2n) is 11.6. The van der Waals surface area contributed by atoms with Gasteiger partial charge in [0.1, 0.15) is 0 Å². The van der Waals surface area contributed by atoms with Crippen LogP contribution in [0.3, 0.4) is 0 Å². The van der Waals surface area contributed by atoms with Gasteiger partial charge in [-0.15, -0.1) is 0 Å². The number of hydrogen-bond donors (Lipinski definition) is 0. The molecular weight excluding hydrogens is 432 g/mol. The SMILES string of the molecule is C[C@@H](O[Si](C)(C)C(C)(C)C)[C@H]1C(=O)N2C[C@H]3C(=CC[C@@H]4C(=O)N(c5ccccc5)C(=O)[C@@H]43)[C@H]12. The third-order valence-corrected chi connectivity index (χ3v) is 13.3. The average Bonchev–Trinajstić information content (AvgIpc) is 3.19. The molecule has 176 valence electrons. The predicted octanol–water partition coefficient (Wildman–Crippen LogP) is 3.99. The largest absolute Gasteiger partial charge is 0.413 e. The van der Waals surface area contributed by atoms with Crippen molar-refractivity contribution in [1.82, 2.24) is 4.90 Å². The van der Waals surface area contributed by atoms with E-state index in [1.165, 1.54) is 10.5 Å². The standard InChI is InChI=1S/C26H34N2O4Si/c1-15(32-33(5,6)26(2,3)4)20-22-17-12-13-18-21(19(17)14-27(22)24(20)30)25(31)28(23(18)29)16-10-8-7-9-11-16/h7-12,15,18-22H,13-14H2,1-6H3/t15-,18+,19+,20-,21+,22-/m1/s1. The van der Waals surface area contributed by atoms with Gasteiger partial charge in [0.15, 0.2) is 8.32 Å². The molecule has 0 spiro atoms. The van der Waals surface area contributed by atoms with E-state index >= 15 is 0 Å². The number of para-hydroxylation sites is 1. The molecular formula is C26H34N2O4Si. The van der Waals surface area contributed by atoms with Gasteiger partial charge in [-0.2, -0.15) is 0 Å². The summed E-state index contributed by atoms with van der Waals surface area (Å²) in [5.41, 5.74) is 1.80. The number of carbonyl (C=O) groups is 3. The van der Waals surface area contributed by atoms with Crippen LogP contribution in [-0.2, 0) is 18.8 Å². The Bertz CT molecular complexity index is 1040. The summed E-state index contributed by atoms with van der Waals surface area (Å²) in [5, 5.41) is 0.0702. The van der Waals surface area contributed by atoms with Crippen LogP contribution in [0.4, 0.5) is 5.69 Å². The Kier molecular flexibility index (Phi) is 5.03. The van der Waals surface area contributed by atoms with Crippen molar-refractivity contribution in [2.45, 2.75) is 64.4 Å². The van der Waals surface area contributed by atoms with Gasteiger partial charge in [-0.3, -0.25) is 19.3 Å². The van der Waals surface area contributed by atoms with Crippen LogP contribution in [-0.4, -0.2) is 49.6 Å². The first-order valence-corrected chi connectivity index (χ1v) is 15.0. The third-order valence-electron chi connectivity index (χ3n) is 8.73. The normalized spacial score (nSPS) is 32.2. The molecule has 0 saturated carbocycles. The van der Waals surface area contributed by atoms with Crippen molar-refractivity contribution in [1.29, 1.82) is 0 Å². The second-order valence-corrected chi connectivity index (χ2v) is 16.3. The summed E-state index contributed by atoms with van der Waals surface area (Å²) in [4.78, 5) is 43.1. The molecule has 7 heteroatoms. The highest BCUT2D eigenvalue weighted by atomic mass is 28.4. The molecule has 1 aromatic rings. The minimum atomic E-state index is -2.01. The number of carbonyl (C=O) groups excluding carboxylic acids is 3. The zero-order chi connectivity index (χ0) is 23.9. The van der Waals surface area contributed by atoms with Gasteiger partial charge in [0.05, 0.1) is 35.6 Å². The summed E-state index contributed by atoms with van der Waals surface area (Å²) >= 11 is 0. The van der Waals surface area contributed by atoms with Crippen molar-refractivity contribution in [3.63, 3.8) is 0 Å². The zero-order valence-electron chi connectivity index (χ0n) is 20.4. The average molecular weight is 467 g/mol. The van der Waals surface area contributed by atoms with Crippen molar-refractivity contribution in [2.75, 3.05) is 11.4 Å². The van der Waals surface area contributed by atoms with Crippen molar-refractivity contribution in [2.24, 2.45) is 23.7 Å². The van der Waals surface area contributed by atoms with Crippen molar-refractivity contribution >= 4 is 31.7 Å². The Hall–Kier alpha value is -2.25. The molecule has 4 aliphatic rings. The lowest BCUT2D eigenvalue weighted by Crippen LogP contribution is -2.63. The second kappa shape index (κ2) is 7.37. The molecule has 1 aliphatic carbocycles. The van der Waals surface area contributed by atoms with E-state index < -0.39 is 8.32 Å². The number of benzene rings is 1. The van der Waals surface area contributed by atoms with Crippen LogP contribution >= 0.6 is 0 Å². The molecule has 5 rings (SSSR count). The minimum Gasteiger partial charge on any atom is -0.413 e. The predicted molar refractivity (Wildman–Crippen MR) is 129 cm³/mol. The van der Waals surface area contributed by atoms with E-state index in [2.05, 4.69) is 39.9 Å². The van der Waals surface area contributed by atoms with E-state index in [0.717, 1.165) is 0 Å². The zero-order valence-corrected chi connectivity index (χ0v) is 21.4. The number of allylic oxidation sites excluding steroid dienone is 1. The molecule has 1 aromatic carbocycles. The Morgan fingerprint density at radius 1 is 1.00 bits per heavy atom.